The average molecular weight is 517 g/mol. The van der Waals surface area contributed by atoms with Crippen molar-refractivity contribution < 1.29 is 28.6 Å². The molecule has 0 aromatic heterocycles. The Labute approximate surface area is 222 Å². The zero-order valence-electron chi connectivity index (χ0n) is 21.8. The van der Waals surface area contributed by atoms with Gasteiger partial charge in [-0.3, -0.25) is 14.4 Å². The second kappa shape index (κ2) is 11.1. The number of hydrogen-bond donors (Lipinski definition) is 0. The third-order valence-corrected chi connectivity index (χ3v) is 6.82. The van der Waals surface area contributed by atoms with Gasteiger partial charge in [-0.15, -0.1) is 0 Å². The van der Waals surface area contributed by atoms with Crippen LogP contribution < -0.4 is 24.2 Å². The van der Waals surface area contributed by atoms with Gasteiger partial charge in [-0.2, -0.15) is 0 Å². The molecule has 3 atom stereocenters. The Morgan fingerprint density at radius 2 is 1.61 bits per heavy atom. The molecule has 2 amide bonds. The van der Waals surface area contributed by atoms with Crippen LogP contribution in [0.25, 0.3) is 0 Å². The van der Waals surface area contributed by atoms with E-state index in [2.05, 4.69) is 6.92 Å². The molecule has 2 heterocycles. The maximum Gasteiger partial charge on any atom is 0.266 e. The van der Waals surface area contributed by atoms with E-state index in [4.69, 9.17) is 19.0 Å². The number of fused-ring (bicyclic) bond motifs is 1. The molecule has 3 aromatic carbocycles. The summed E-state index contributed by atoms with van der Waals surface area (Å²) in [5.41, 5.74) is 1.95. The Balaban J connectivity index is 1.55. The highest BCUT2D eigenvalue weighted by Gasteiger charge is 2.60. The van der Waals surface area contributed by atoms with Crippen molar-refractivity contribution in [1.82, 2.24) is 0 Å². The topological polar surface area (TPSA) is 77.5 Å². The quantitative estimate of drug-likeness (QED) is 0.266. The van der Waals surface area contributed by atoms with Crippen LogP contribution in [0.5, 0.6) is 17.2 Å². The number of para-hydroxylation sites is 3. The number of anilines is 2. The van der Waals surface area contributed by atoms with Gasteiger partial charge in [-0.05, 0) is 55.3 Å². The van der Waals surface area contributed by atoms with E-state index in [1.165, 1.54) is 4.90 Å². The Morgan fingerprint density at radius 1 is 0.842 bits per heavy atom. The Kier molecular flexibility index (Phi) is 7.51. The molecule has 198 valence electrons. The van der Waals surface area contributed by atoms with Crippen LogP contribution in [0, 0.1) is 5.92 Å². The van der Waals surface area contributed by atoms with Crippen LogP contribution in [-0.4, -0.2) is 38.2 Å². The summed E-state index contributed by atoms with van der Waals surface area (Å²) in [6.45, 7) is 4.96. The van der Waals surface area contributed by atoms with Gasteiger partial charge < -0.3 is 14.2 Å². The summed E-state index contributed by atoms with van der Waals surface area (Å²) in [7, 11) is 1.59. The van der Waals surface area contributed by atoms with E-state index in [0.717, 1.165) is 24.1 Å². The molecule has 2 saturated heterocycles. The third-order valence-electron chi connectivity index (χ3n) is 6.82. The number of amides is 2. The molecule has 0 radical (unpaired) electrons. The number of benzene rings is 3. The second-order valence-electron chi connectivity index (χ2n) is 9.18. The van der Waals surface area contributed by atoms with E-state index in [9.17, 15) is 9.59 Å². The van der Waals surface area contributed by atoms with Gasteiger partial charge in [-0.25, -0.2) is 9.96 Å². The van der Waals surface area contributed by atoms with Crippen molar-refractivity contribution >= 4 is 23.2 Å². The average Bonchev–Trinajstić information content (AvgIpc) is 3.45. The first-order chi connectivity index (χ1) is 18.6. The molecule has 38 heavy (non-hydrogen) atoms. The highest BCUT2D eigenvalue weighted by molar-refractivity contribution is 6.24. The molecule has 2 aliphatic heterocycles. The summed E-state index contributed by atoms with van der Waals surface area (Å²) in [6, 6.07) is 21.6. The SMILES string of the molecule is CCCCOc1ccc(C2C3C(=O)N(c4ccccc4OCC)C(=O)C3ON2c2ccccc2)cc1OC. The number of rotatable bonds is 10. The zero-order chi connectivity index (χ0) is 26.6. The van der Waals surface area contributed by atoms with Crippen molar-refractivity contribution in [2.24, 2.45) is 5.92 Å². The molecule has 0 spiro atoms. The molecule has 0 aliphatic carbocycles. The van der Waals surface area contributed by atoms with Gasteiger partial charge in [0.1, 0.15) is 11.7 Å². The maximum absolute atomic E-state index is 14.0. The molecular formula is C30H32N2O6. The summed E-state index contributed by atoms with van der Waals surface area (Å²) < 4.78 is 17.3. The van der Waals surface area contributed by atoms with E-state index in [1.807, 2.05) is 61.5 Å². The van der Waals surface area contributed by atoms with E-state index in [-0.39, 0.29) is 5.91 Å². The van der Waals surface area contributed by atoms with E-state index in [0.29, 0.717) is 36.1 Å². The number of ether oxygens (including phenoxy) is 3. The number of methoxy groups -OCH3 is 1. The number of carbonyl (C=O) groups excluding carboxylic acids is 2. The summed E-state index contributed by atoms with van der Waals surface area (Å²) in [5.74, 6) is 0.148. The van der Waals surface area contributed by atoms with Gasteiger partial charge >= 0.3 is 0 Å². The largest absolute Gasteiger partial charge is 0.493 e. The molecule has 8 nitrogen and oxygen atoms in total. The normalized spacial score (nSPS) is 20.6. The molecule has 3 unspecified atom stereocenters. The molecule has 5 rings (SSSR count). The summed E-state index contributed by atoms with van der Waals surface area (Å²) >= 11 is 0. The highest BCUT2D eigenvalue weighted by Crippen LogP contribution is 2.49. The maximum atomic E-state index is 14.0. The predicted molar refractivity (Wildman–Crippen MR) is 144 cm³/mol. The third kappa shape index (κ3) is 4.56. The first-order valence-electron chi connectivity index (χ1n) is 13.0. The number of hydrogen-bond acceptors (Lipinski definition) is 7. The molecule has 2 aliphatic rings. The highest BCUT2D eigenvalue weighted by atomic mass is 16.7. The van der Waals surface area contributed by atoms with Gasteiger partial charge in [0.05, 0.1) is 37.7 Å². The van der Waals surface area contributed by atoms with Gasteiger partial charge in [0, 0.05) is 0 Å². The standard InChI is InChI=1S/C30H32N2O6/c1-4-6-18-37-24-17-16-20(19-25(24)35-3)27-26-28(38-32(27)21-12-8-7-9-13-21)30(34)31(29(26)33)22-14-10-11-15-23(22)36-5-2/h7-17,19,26-28H,4-6,18H2,1-3H3. The Morgan fingerprint density at radius 3 is 2.34 bits per heavy atom. The predicted octanol–water partition coefficient (Wildman–Crippen LogP) is 5.32. The lowest BCUT2D eigenvalue weighted by Gasteiger charge is -2.29. The van der Waals surface area contributed by atoms with Crippen LogP contribution in [0.4, 0.5) is 11.4 Å². The van der Waals surface area contributed by atoms with Gasteiger partial charge in [0.15, 0.2) is 17.6 Å². The van der Waals surface area contributed by atoms with E-state index >= 15 is 0 Å². The van der Waals surface area contributed by atoms with Gasteiger partial charge in [0.25, 0.3) is 5.91 Å². The van der Waals surface area contributed by atoms with E-state index in [1.54, 1.807) is 30.4 Å². The smallest absolute Gasteiger partial charge is 0.266 e. The molecule has 0 bridgehead atoms. The van der Waals surface area contributed by atoms with Crippen molar-refractivity contribution in [3.05, 3.63) is 78.4 Å². The van der Waals surface area contributed by atoms with Crippen LogP contribution in [0.15, 0.2) is 72.8 Å². The first-order valence-corrected chi connectivity index (χ1v) is 13.0. The minimum absolute atomic E-state index is 0.335. The van der Waals surface area contributed by atoms with Crippen molar-refractivity contribution in [2.45, 2.75) is 38.8 Å². The van der Waals surface area contributed by atoms with E-state index < -0.39 is 24.0 Å². The van der Waals surface area contributed by atoms with Gasteiger partial charge in [0.2, 0.25) is 5.91 Å². The van der Waals surface area contributed by atoms with Crippen LogP contribution in [0.3, 0.4) is 0 Å². The van der Waals surface area contributed by atoms with Crippen molar-refractivity contribution in [2.75, 3.05) is 30.3 Å². The first kappa shape index (κ1) is 25.6. The van der Waals surface area contributed by atoms with Crippen LogP contribution in [-0.2, 0) is 14.4 Å². The second-order valence-corrected chi connectivity index (χ2v) is 9.18. The van der Waals surface area contributed by atoms with Crippen LogP contribution in [0.2, 0.25) is 0 Å². The molecule has 8 heteroatoms. The molecule has 0 saturated carbocycles. The number of hydroxylamine groups is 1. The molecular weight excluding hydrogens is 484 g/mol. The number of nitrogens with zero attached hydrogens (tertiary/aromatic N) is 2. The summed E-state index contributed by atoms with van der Waals surface area (Å²) in [4.78, 5) is 35.2. The lowest BCUT2D eigenvalue weighted by atomic mass is 9.90. The minimum atomic E-state index is -0.978. The molecule has 2 fully saturated rings. The van der Waals surface area contributed by atoms with Crippen molar-refractivity contribution in [3.63, 3.8) is 0 Å². The van der Waals surface area contributed by atoms with Crippen molar-refractivity contribution in [1.29, 1.82) is 0 Å². The fraction of sp³-hybridized carbons (Fsp3) is 0.333. The van der Waals surface area contributed by atoms with Crippen molar-refractivity contribution in [3.8, 4) is 17.2 Å². The molecule has 3 aromatic rings. The fourth-order valence-electron chi connectivity index (χ4n) is 5.02. The number of imide groups is 1. The van der Waals surface area contributed by atoms with Crippen LogP contribution >= 0.6 is 0 Å². The van der Waals surface area contributed by atoms with Gasteiger partial charge in [-0.1, -0.05) is 49.7 Å². The minimum Gasteiger partial charge on any atom is -0.493 e. The lowest BCUT2D eigenvalue weighted by Crippen LogP contribution is -2.37. The molecule has 0 N–H and O–H groups in total. The zero-order valence-corrected chi connectivity index (χ0v) is 21.8. The summed E-state index contributed by atoms with van der Waals surface area (Å²) in [5, 5.41) is 1.67. The lowest BCUT2D eigenvalue weighted by molar-refractivity contribution is -0.126. The van der Waals surface area contributed by atoms with Crippen LogP contribution in [0.1, 0.15) is 38.3 Å². The Hall–Kier alpha value is -4.04. The number of unbranched alkanes of at least 4 members (excludes halogenated alkanes) is 1. The number of carbonyl (C=O) groups is 2. The Bertz CT molecular complexity index is 1300. The monoisotopic (exact) mass is 516 g/mol. The fourth-order valence-corrected chi connectivity index (χ4v) is 5.02. The summed E-state index contributed by atoms with van der Waals surface area (Å²) in [6.07, 6.45) is 0.977.